The lowest BCUT2D eigenvalue weighted by Crippen LogP contribution is -2.22. The van der Waals surface area contributed by atoms with Crippen molar-refractivity contribution in [2.45, 2.75) is 39.5 Å². The zero-order valence-corrected chi connectivity index (χ0v) is 11.7. The molecule has 1 aliphatic rings. The zero-order chi connectivity index (χ0) is 13.7. The maximum absolute atomic E-state index is 13.6. The van der Waals surface area contributed by atoms with E-state index < -0.39 is 0 Å². The van der Waals surface area contributed by atoms with Crippen molar-refractivity contribution >= 4 is 11.8 Å². The maximum atomic E-state index is 13.6. The Morgan fingerprint density at radius 1 is 1.37 bits per heavy atom. The second-order valence-corrected chi connectivity index (χ2v) is 5.44. The molecule has 106 valence electrons. The third-order valence-corrected chi connectivity index (χ3v) is 3.68. The standard InChI is InChI=1S/C14H23FN4/c1-3-16-14-18-9-12(15)13(19-14)17-8-11-6-4-5-10(2)7-11/h9-11H,3-8H2,1-2H3,(H2,16,17,18,19). The third-order valence-electron chi connectivity index (χ3n) is 3.68. The number of hydrogen-bond donors (Lipinski definition) is 2. The summed E-state index contributed by atoms with van der Waals surface area (Å²) in [5, 5.41) is 6.13. The van der Waals surface area contributed by atoms with Crippen LogP contribution in [0.3, 0.4) is 0 Å². The highest BCUT2D eigenvalue weighted by molar-refractivity contribution is 5.40. The Labute approximate surface area is 114 Å². The zero-order valence-electron chi connectivity index (χ0n) is 11.7. The number of nitrogens with one attached hydrogen (secondary N) is 2. The number of hydrogen-bond acceptors (Lipinski definition) is 4. The molecule has 0 amide bonds. The van der Waals surface area contributed by atoms with Crippen molar-refractivity contribution in [1.29, 1.82) is 0 Å². The highest BCUT2D eigenvalue weighted by atomic mass is 19.1. The molecule has 2 atom stereocenters. The van der Waals surface area contributed by atoms with Crippen LogP contribution in [0.5, 0.6) is 0 Å². The minimum Gasteiger partial charge on any atom is -0.367 e. The van der Waals surface area contributed by atoms with E-state index >= 15 is 0 Å². The van der Waals surface area contributed by atoms with E-state index in [1.54, 1.807) is 0 Å². The Kier molecular flexibility index (Phi) is 4.93. The summed E-state index contributed by atoms with van der Waals surface area (Å²) in [6, 6.07) is 0. The van der Waals surface area contributed by atoms with Gasteiger partial charge in [-0.05, 0) is 31.6 Å². The smallest absolute Gasteiger partial charge is 0.224 e. The van der Waals surface area contributed by atoms with Crippen LogP contribution in [0.15, 0.2) is 6.20 Å². The molecule has 2 unspecified atom stereocenters. The molecule has 1 saturated carbocycles. The van der Waals surface area contributed by atoms with E-state index in [4.69, 9.17) is 0 Å². The molecule has 0 radical (unpaired) electrons. The molecule has 1 heterocycles. The van der Waals surface area contributed by atoms with Crippen LogP contribution in [0, 0.1) is 17.7 Å². The minimum absolute atomic E-state index is 0.309. The normalized spacial score (nSPS) is 23.1. The van der Waals surface area contributed by atoms with Gasteiger partial charge >= 0.3 is 0 Å². The molecular formula is C14H23FN4. The Morgan fingerprint density at radius 2 is 2.21 bits per heavy atom. The first-order valence-corrected chi connectivity index (χ1v) is 7.19. The molecule has 0 spiro atoms. The third kappa shape index (κ3) is 4.04. The number of anilines is 2. The van der Waals surface area contributed by atoms with E-state index in [0.717, 1.165) is 19.0 Å². The van der Waals surface area contributed by atoms with Crippen molar-refractivity contribution in [2.24, 2.45) is 11.8 Å². The van der Waals surface area contributed by atoms with E-state index in [1.165, 1.54) is 31.9 Å². The lowest BCUT2D eigenvalue weighted by atomic mass is 9.82. The van der Waals surface area contributed by atoms with Gasteiger partial charge in [0.15, 0.2) is 11.6 Å². The van der Waals surface area contributed by atoms with E-state index in [0.29, 0.717) is 17.7 Å². The molecule has 0 aliphatic heterocycles. The van der Waals surface area contributed by atoms with Crippen LogP contribution in [0.1, 0.15) is 39.5 Å². The fraction of sp³-hybridized carbons (Fsp3) is 0.714. The Hall–Kier alpha value is -1.39. The van der Waals surface area contributed by atoms with Gasteiger partial charge in [-0.2, -0.15) is 4.98 Å². The molecule has 0 aromatic carbocycles. The van der Waals surface area contributed by atoms with Crippen LogP contribution in [0.25, 0.3) is 0 Å². The highest BCUT2D eigenvalue weighted by Crippen LogP contribution is 2.28. The Bertz CT molecular complexity index is 410. The lowest BCUT2D eigenvalue weighted by Gasteiger charge is -2.27. The van der Waals surface area contributed by atoms with E-state index in [2.05, 4.69) is 27.5 Å². The van der Waals surface area contributed by atoms with Crippen molar-refractivity contribution in [3.05, 3.63) is 12.0 Å². The van der Waals surface area contributed by atoms with Crippen LogP contribution in [-0.2, 0) is 0 Å². The fourth-order valence-electron chi connectivity index (χ4n) is 2.72. The van der Waals surface area contributed by atoms with Gasteiger partial charge in [0.2, 0.25) is 5.95 Å². The number of halogens is 1. The summed E-state index contributed by atoms with van der Waals surface area (Å²) in [7, 11) is 0. The first-order chi connectivity index (χ1) is 9.19. The molecule has 0 bridgehead atoms. The predicted octanol–water partition coefficient (Wildman–Crippen LogP) is 3.29. The number of rotatable bonds is 5. The largest absolute Gasteiger partial charge is 0.367 e. The maximum Gasteiger partial charge on any atom is 0.224 e. The Balaban J connectivity index is 1.92. The number of nitrogens with zero attached hydrogens (tertiary/aromatic N) is 2. The van der Waals surface area contributed by atoms with Gasteiger partial charge in [0.05, 0.1) is 6.20 Å². The average Bonchev–Trinajstić information content (AvgIpc) is 2.40. The molecule has 19 heavy (non-hydrogen) atoms. The lowest BCUT2D eigenvalue weighted by molar-refractivity contribution is 0.293. The summed E-state index contributed by atoms with van der Waals surface area (Å²) in [5.41, 5.74) is 0. The average molecular weight is 266 g/mol. The Morgan fingerprint density at radius 3 is 2.95 bits per heavy atom. The summed E-state index contributed by atoms with van der Waals surface area (Å²) in [6.07, 6.45) is 6.27. The second-order valence-electron chi connectivity index (χ2n) is 5.44. The molecule has 2 N–H and O–H groups in total. The van der Waals surface area contributed by atoms with Gasteiger partial charge in [-0.3, -0.25) is 0 Å². The topological polar surface area (TPSA) is 49.8 Å². The van der Waals surface area contributed by atoms with Gasteiger partial charge in [0.25, 0.3) is 0 Å². The molecular weight excluding hydrogens is 243 g/mol. The summed E-state index contributed by atoms with van der Waals surface area (Å²) in [6.45, 7) is 5.78. The van der Waals surface area contributed by atoms with Gasteiger partial charge in [-0.15, -0.1) is 0 Å². The fourth-order valence-corrected chi connectivity index (χ4v) is 2.72. The second kappa shape index (κ2) is 6.68. The molecule has 1 aromatic rings. The van der Waals surface area contributed by atoms with Crippen LogP contribution < -0.4 is 10.6 Å². The van der Waals surface area contributed by atoms with Gasteiger partial charge in [-0.25, -0.2) is 9.37 Å². The van der Waals surface area contributed by atoms with Crippen LogP contribution in [0.4, 0.5) is 16.2 Å². The molecule has 1 aliphatic carbocycles. The van der Waals surface area contributed by atoms with Gasteiger partial charge in [-0.1, -0.05) is 19.8 Å². The van der Waals surface area contributed by atoms with Gasteiger partial charge < -0.3 is 10.6 Å². The molecule has 1 aromatic heterocycles. The summed E-state index contributed by atoms with van der Waals surface area (Å²) in [4.78, 5) is 8.06. The first-order valence-electron chi connectivity index (χ1n) is 7.19. The molecule has 2 rings (SSSR count). The first kappa shape index (κ1) is 14.0. The van der Waals surface area contributed by atoms with Crippen molar-refractivity contribution < 1.29 is 4.39 Å². The van der Waals surface area contributed by atoms with Crippen LogP contribution in [0.2, 0.25) is 0 Å². The highest BCUT2D eigenvalue weighted by Gasteiger charge is 2.19. The quantitative estimate of drug-likeness (QED) is 0.858. The van der Waals surface area contributed by atoms with E-state index in [9.17, 15) is 4.39 Å². The monoisotopic (exact) mass is 266 g/mol. The number of aromatic nitrogens is 2. The summed E-state index contributed by atoms with van der Waals surface area (Å²) in [5.74, 6) is 1.81. The van der Waals surface area contributed by atoms with Crippen LogP contribution in [-0.4, -0.2) is 23.1 Å². The summed E-state index contributed by atoms with van der Waals surface area (Å²) < 4.78 is 13.6. The molecule has 0 saturated heterocycles. The van der Waals surface area contributed by atoms with Crippen molar-refractivity contribution in [2.75, 3.05) is 23.7 Å². The molecule has 1 fully saturated rings. The molecule has 4 nitrogen and oxygen atoms in total. The van der Waals surface area contributed by atoms with Crippen molar-refractivity contribution in [3.63, 3.8) is 0 Å². The molecule has 5 heteroatoms. The van der Waals surface area contributed by atoms with Gasteiger partial charge in [0, 0.05) is 13.1 Å². The van der Waals surface area contributed by atoms with E-state index in [1.807, 2.05) is 6.92 Å². The minimum atomic E-state index is -0.384. The predicted molar refractivity (Wildman–Crippen MR) is 75.8 cm³/mol. The van der Waals surface area contributed by atoms with Gasteiger partial charge in [0.1, 0.15) is 0 Å². The summed E-state index contributed by atoms with van der Waals surface area (Å²) >= 11 is 0. The van der Waals surface area contributed by atoms with E-state index in [-0.39, 0.29) is 5.82 Å². The van der Waals surface area contributed by atoms with Crippen LogP contribution >= 0.6 is 0 Å². The SMILES string of the molecule is CCNc1ncc(F)c(NCC2CCCC(C)C2)n1. The van der Waals surface area contributed by atoms with Crippen molar-refractivity contribution in [1.82, 2.24) is 9.97 Å². The van der Waals surface area contributed by atoms with Crippen molar-refractivity contribution in [3.8, 4) is 0 Å².